The second-order valence-electron chi connectivity index (χ2n) is 5.29. The van der Waals surface area contributed by atoms with Gasteiger partial charge < -0.3 is 10.1 Å². The number of carboxylic acids is 1. The number of aromatic carboxylic acids is 1. The zero-order valence-electron chi connectivity index (χ0n) is 12.9. The van der Waals surface area contributed by atoms with Crippen molar-refractivity contribution in [2.45, 2.75) is 13.5 Å². The fourth-order valence-electron chi connectivity index (χ4n) is 2.50. The van der Waals surface area contributed by atoms with E-state index in [1.165, 1.54) is 29.2 Å². The van der Waals surface area contributed by atoms with Crippen molar-refractivity contribution >= 4 is 50.7 Å². The molecule has 0 aliphatic rings. The molecule has 0 aliphatic heterocycles. The monoisotopic (exact) mass is 377 g/mol. The van der Waals surface area contributed by atoms with E-state index in [0.29, 0.717) is 26.5 Å². The van der Waals surface area contributed by atoms with Crippen LogP contribution in [0.3, 0.4) is 0 Å². The lowest BCUT2D eigenvalue weighted by Crippen LogP contribution is -2.27. The Bertz CT molecular complexity index is 1030. The number of carboxylic acid groups (broad SMARTS) is 1. The van der Waals surface area contributed by atoms with Gasteiger partial charge in [0.2, 0.25) is 5.91 Å². The van der Waals surface area contributed by atoms with Crippen molar-refractivity contribution in [3.05, 3.63) is 56.4 Å². The molecule has 0 fully saturated rings. The minimum absolute atomic E-state index is 0.164. The average Bonchev–Trinajstić information content (AvgIpc) is 3.05. The zero-order valence-corrected chi connectivity index (χ0v) is 14.5. The number of halogens is 1. The molecule has 0 atom stereocenters. The first-order valence-electron chi connectivity index (χ1n) is 7.12. The smallest absolute Gasteiger partial charge is 0.341 e. The third kappa shape index (κ3) is 3.40. The number of rotatable bonds is 4. The number of aromatic nitrogens is 2. The quantitative estimate of drug-likeness (QED) is 0.727. The number of hydrogen-bond donors (Lipinski definition) is 2. The topological polar surface area (TPSA) is 103 Å². The molecule has 3 rings (SSSR count). The summed E-state index contributed by atoms with van der Waals surface area (Å²) < 4.78 is 0. The highest BCUT2D eigenvalue weighted by Crippen LogP contribution is 2.27. The van der Waals surface area contributed by atoms with E-state index in [0.717, 1.165) is 0 Å². The summed E-state index contributed by atoms with van der Waals surface area (Å²) in [6.45, 7) is 1.59. The molecule has 9 heteroatoms. The van der Waals surface area contributed by atoms with Gasteiger partial charge in [0.15, 0.2) is 0 Å². The number of nitrogens with one attached hydrogen (secondary N) is 1. The van der Waals surface area contributed by atoms with Gasteiger partial charge in [0.05, 0.1) is 23.8 Å². The standard InChI is InChI=1S/C16H12ClN3O4S/c1-8(21)20(13-5-18-7-25-13)6-10-3-11(17)2-9-4-12(16(23)24)15(22)19-14(9)10/h2-5,7H,6H2,1H3,(H,19,22)(H,23,24). The number of amides is 1. The molecule has 2 heterocycles. The molecular formula is C16H12ClN3O4S. The van der Waals surface area contributed by atoms with E-state index in [-0.39, 0.29) is 18.0 Å². The predicted molar refractivity (Wildman–Crippen MR) is 95.5 cm³/mol. The van der Waals surface area contributed by atoms with Crippen LogP contribution in [-0.4, -0.2) is 27.0 Å². The predicted octanol–water partition coefficient (Wildman–Crippen LogP) is 2.89. The molecule has 0 aliphatic carbocycles. The molecule has 1 aromatic carbocycles. The highest BCUT2D eigenvalue weighted by atomic mass is 35.5. The van der Waals surface area contributed by atoms with Crippen LogP contribution in [-0.2, 0) is 11.3 Å². The zero-order chi connectivity index (χ0) is 18.1. The molecule has 2 aromatic heterocycles. The number of carbonyl (C=O) groups excluding carboxylic acids is 1. The molecule has 0 saturated carbocycles. The summed E-state index contributed by atoms with van der Waals surface area (Å²) in [6.07, 6.45) is 1.57. The minimum atomic E-state index is -1.32. The Morgan fingerprint density at radius 2 is 2.12 bits per heavy atom. The Balaban J connectivity index is 2.15. The van der Waals surface area contributed by atoms with Crippen LogP contribution in [0.25, 0.3) is 10.9 Å². The minimum Gasteiger partial charge on any atom is -0.477 e. The van der Waals surface area contributed by atoms with Gasteiger partial charge in [-0.15, -0.1) is 11.3 Å². The molecule has 0 spiro atoms. The number of H-pyrrole nitrogens is 1. The number of aromatic amines is 1. The molecule has 1 amide bonds. The first kappa shape index (κ1) is 17.1. The maximum atomic E-state index is 12.0. The summed E-state index contributed by atoms with van der Waals surface area (Å²) >= 11 is 7.44. The normalized spacial score (nSPS) is 10.8. The lowest BCUT2D eigenvalue weighted by atomic mass is 10.1. The molecular weight excluding hydrogens is 366 g/mol. The molecule has 0 bridgehead atoms. The van der Waals surface area contributed by atoms with Crippen LogP contribution >= 0.6 is 22.9 Å². The third-order valence-corrected chi connectivity index (χ3v) is 4.64. The molecule has 7 nitrogen and oxygen atoms in total. The number of anilines is 1. The lowest BCUT2D eigenvalue weighted by molar-refractivity contribution is -0.116. The Hall–Kier alpha value is -2.71. The van der Waals surface area contributed by atoms with Crippen LogP contribution in [0.15, 0.2) is 34.7 Å². The summed E-state index contributed by atoms with van der Waals surface area (Å²) in [5, 5.41) is 10.6. The van der Waals surface area contributed by atoms with E-state index in [1.807, 2.05) is 0 Å². The second-order valence-corrected chi connectivity index (χ2v) is 6.59. The average molecular weight is 378 g/mol. The van der Waals surface area contributed by atoms with Crippen LogP contribution in [0.4, 0.5) is 5.00 Å². The molecule has 0 saturated heterocycles. The molecule has 0 radical (unpaired) electrons. The molecule has 25 heavy (non-hydrogen) atoms. The van der Waals surface area contributed by atoms with E-state index in [4.69, 9.17) is 16.7 Å². The second kappa shape index (κ2) is 6.66. The van der Waals surface area contributed by atoms with Gasteiger partial charge in [-0.1, -0.05) is 11.6 Å². The van der Waals surface area contributed by atoms with E-state index >= 15 is 0 Å². The largest absolute Gasteiger partial charge is 0.477 e. The fraction of sp³-hybridized carbons (Fsp3) is 0.125. The summed E-state index contributed by atoms with van der Waals surface area (Å²) in [7, 11) is 0. The summed E-state index contributed by atoms with van der Waals surface area (Å²) in [5.74, 6) is -1.51. The first-order valence-corrected chi connectivity index (χ1v) is 8.38. The number of carbonyl (C=O) groups is 2. The highest BCUT2D eigenvalue weighted by molar-refractivity contribution is 7.14. The highest BCUT2D eigenvalue weighted by Gasteiger charge is 2.18. The van der Waals surface area contributed by atoms with Crippen molar-refractivity contribution in [2.75, 3.05) is 4.90 Å². The molecule has 3 aromatic rings. The van der Waals surface area contributed by atoms with Crippen molar-refractivity contribution in [2.24, 2.45) is 0 Å². The van der Waals surface area contributed by atoms with Gasteiger partial charge in [-0.05, 0) is 23.8 Å². The van der Waals surface area contributed by atoms with Crippen LogP contribution in [0.2, 0.25) is 5.02 Å². The third-order valence-electron chi connectivity index (χ3n) is 3.62. The van der Waals surface area contributed by atoms with Crippen LogP contribution in [0.5, 0.6) is 0 Å². The van der Waals surface area contributed by atoms with E-state index in [2.05, 4.69) is 9.97 Å². The Labute approximate surface area is 150 Å². The number of hydrogen-bond acceptors (Lipinski definition) is 5. The van der Waals surface area contributed by atoms with Crippen LogP contribution in [0.1, 0.15) is 22.8 Å². The van der Waals surface area contributed by atoms with Crippen molar-refractivity contribution in [3.63, 3.8) is 0 Å². The van der Waals surface area contributed by atoms with E-state index < -0.39 is 11.5 Å². The number of pyridine rings is 1. The van der Waals surface area contributed by atoms with Gasteiger partial charge in [0.25, 0.3) is 5.56 Å². The summed E-state index contributed by atoms with van der Waals surface area (Å²) in [4.78, 5) is 43.2. The Morgan fingerprint density at radius 3 is 2.72 bits per heavy atom. The first-order chi connectivity index (χ1) is 11.9. The Kier molecular flexibility index (Phi) is 4.56. The molecule has 2 N–H and O–H groups in total. The summed E-state index contributed by atoms with van der Waals surface area (Å²) in [6, 6.07) is 4.47. The van der Waals surface area contributed by atoms with Gasteiger partial charge >= 0.3 is 5.97 Å². The number of nitrogens with zero attached hydrogens (tertiary/aromatic N) is 2. The van der Waals surface area contributed by atoms with Gasteiger partial charge in [-0.25, -0.2) is 4.79 Å². The molecule has 128 valence electrons. The van der Waals surface area contributed by atoms with Gasteiger partial charge in [-0.3, -0.25) is 19.5 Å². The van der Waals surface area contributed by atoms with Crippen LogP contribution < -0.4 is 10.5 Å². The van der Waals surface area contributed by atoms with Crippen molar-refractivity contribution in [1.29, 1.82) is 0 Å². The number of thiazole rings is 1. The number of benzene rings is 1. The Morgan fingerprint density at radius 1 is 1.36 bits per heavy atom. The fourth-order valence-corrected chi connectivity index (χ4v) is 3.42. The van der Waals surface area contributed by atoms with E-state index in [9.17, 15) is 14.4 Å². The van der Waals surface area contributed by atoms with Gasteiger partial charge in [0.1, 0.15) is 10.6 Å². The molecule has 0 unspecified atom stereocenters. The van der Waals surface area contributed by atoms with Crippen molar-refractivity contribution in [3.8, 4) is 0 Å². The number of fused-ring (bicyclic) bond motifs is 1. The maximum absolute atomic E-state index is 12.0. The summed E-state index contributed by atoms with van der Waals surface area (Å²) in [5.41, 5.74) is 1.57. The van der Waals surface area contributed by atoms with Crippen LogP contribution in [0, 0.1) is 0 Å². The van der Waals surface area contributed by atoms with Crippen molar-refractivity contribution < 1.29 is 14.7 Å². The SMILES string of the molecule is CC(=O)N(Cc1cc(Cl)cc2cc(C(=O)O)c(=O)[nH]c12)c1cncs1. The van der Waals surface area contributed by atoms with E-state index in [1.54, 1.807) is 23.8 Å². The van der Waals surface area contributed by atoms with Gasteiger partial charge in [0, 0.05) is 17.3 Å². The van der Waals surface area contributed by atoms with Crippen molar-refractivity contribution in [1.82, 2.24) is 9.97 Å². The maximum Gasteiger partial charge on any atom is 0.341 e. The lowest BCUT2D eigenvalue weighted by Gasteiger charge is -2.20. The van der Waals surface area contributed by atoms with Gasteiger partial charge in [-0.2, -0.15) is 0 Å².